The number of halogens is 3. The molecule has 176 valence electrons. The highest BCUT2D eigenvalue weighted by Crippen LogP contribution is 2.30. The van der Waals surface area contributed by atoms with Gasteiger partial charge in [-0.15, -0.1) is 0 Å². The van der Waals surface area contributed by atoms with Gasteiger partial charge in [-0.3, -0.25) is 9.59 Å². The smallest absolute Gasteiger partial charge is 0.313 e. The van der Waals surface area contributed by atoms with Crippen LogP contribution < -0.4 is 5.73 Å². The third kappa shape index (κ3) is 13.6. The lowest BCUT2D eigenvalue weighted by molar-refractivity contribution is -0.151. The van der Waals surface area contributed by atoms with Crippen molar-refractivity contribution < 1.29 is 14.3 Å². The van der Waals surface area contributed by atoms with Gasteiger partial charge in [0.05, 0.1) is 5.69 Å². The molecular formula is C24H36I3NO3. The van der Waals surface area contributed by atoms with Crippen molar-refractivity contribution in [1.29, 1.82) is 0 Å². The molecule has 0 radical (unpaired) electrons. The maximum absolute atomic E-state index is 11.0. The molecule has 0 saturated carbocycles. The predicted molar refractivity (Wildman–Crippen MR) is 154 cm³/mol. The molecule has 1 aromatic rings. The lowest BCUT2D eigenvalue weighted by Gasteiger charge is -2.11. The van der Waals surface area contributed by atoms with Crippen LogP contribution >= 0.6 is 67.8 Å². The van der Waals surface area contributed by atoms with Gasteiger partial charge < -0.3 is 10.5 Å². The normalized spacial score (nSPS) is 10.9. The Morgan fingerprint density at radius 2 is 1.23 bits per heavy atom. The first-order valence-electron chi connectivity index (χ1n) is 11.5. The SMILES string of the molecule is Nc1c(I)cc(I)c(CCCCCCCCCCCCCCCCC(=O)OC=O)c1I. The van der Waals surface area contributed by atoms with Gasteiger partial charge in [0.25, 0.3) is 0 Å². The summed E-state index contributed by atoms with van der Waals surface area (Å²) in [4.78, 5) is 21.0. The number of esters is 1. The van der Waals surface area contributed by atoms with Crippen molar-refractivity contribution in [3.63, 3.8) is 0 Å². The summed E-state index contributed by atoms with van der Waals surface area (Å²) in [5, 5.41) is 0. The summed E-state index contributed by atoms with van der Waals surface area (Å²) >= 11 is 7.16. The largest absolute Gasteiger partial charge is 0.397 e. The van der Waals surface area contributed by atoms with Crippen LogP contribution in [0.4, 0.5) is 5.69 Å². The Hall–Kier alpha value is 0.350. The van der Waals surface area contributed by atoms with Gasteiger partial charge in [-0.05, 0) is 98.7 Å². The Kier molecular flexibility index (Phi) is 17.8. The quantitative estimate of drug-likeness (QED) is 0.0409. The van der Waals surface area contributed by atoms with E-state index in [4.69, 9.17) is 5.73 Å². The van der Waals surface area contributed by atoms with Crippen molar-refractivity contribution in [3.05, 3.63) is 22.3 Å². The van der Waals surface area contributed by atoms with Gasteiger partial charge in [-0.25, -0.2) is 0 Å². The molecule has 0 heterocycles. The van der Waals surface area contributed by atoms with Gasteiger partial charge in [0.1, 0.15) is 0 Å². The molecule has 0 aromatic heterocycles. The molecule has 0 aliphatic rings. The minimum atomic E-state index is -0.407. The molecule has 4 nitrogen and oxygen atoms in total. The summed E-state index contributed by atoms with van der Waals surface area (Å²) in [6.07, 6.45) is 19.1. The number of rotatable bonds is 18. The molecule has 0 spiro atoms. The zero-order valence-electron chi connectivity index (χ0n) is 18.4. The molecule has 1 rings (SSSR count). The van der Waals surface area contributed by atoms with Crippen molar-refractivity contribution in [2.24, 2.45) is 0 Å². The van der Waals surface area contributed by atoms with Crippen molar-refractivity contribution in [2.45, 2.75) is 103 Å². The second-order valence-corrected chi connectivity index (χ2v) is 11.5. The Bertz CT molecular complexity index is 668. The van der Waals surface area contributed by atoms with Crippen molar-refractivity contribution in [3.8, 4) is 0 Å². The lowest BCUT2D eigenvalue weighted by atomic mass is 10.0. The zero-order valence-corrected chi connectivity index (χ0v) is 24.9. The van der Waals surface area contributed by atoms with Crippen LogP contribution in [0.3, 0.4) is 0 Å². The summed E-state index contributed by atoms with van der Waals surface area (Å²) in [5.74, 6) is -0.407. The van der Waals surface area contributed by atoms with Crippen LogP contribution in [0.2, 0.25) is 0 Å². The topological polar surface area (TPSA) is 69.4 Å². The van der Waals surface area contributed by atoms with Crippen molar-refractivity contribution in [2.75, 3.05) is 5.73 Å². The number of hydrogen-bond acceptors (Lipinski definition) is 4. The van der Waals surface area contributed by atoms with Crippen molar-refractivity contribution >= 4 is 85.9 Å². The van der Waals surface area contributed by atoms with Crippen LogP contribution in [0.25, 0.3) is 0 Å². The molecule has 0 amide bonds. The number of hydrogen-bond donors (Lipinski definition) is 1. The molecule has 0 aliphatic carbocycles. The van der Waals surface area contributed by atoms with Gasteiger partial charge in [0, 0.05) is 17.1 Å². The maximum Gasteiger partial charge on any atom is 0.313 e. The van der Waals surface area contributed by atoms with E-state index in [-0.39, 0.29) is 6.47 Å². The first-order valence-corrected chi connectivity index (χ1v) is 14.8. The number of carbonyl (C=O) groups is 2. The second-order valence-electron chi connectivity index (χ2n) is 8.08. The van der Waals surface area contributed by atoms with Crippen LogP contribution in [0, 0.1) is 10.7 Å². The average molecular weight is 767 g/mol. The Morgan fingerprint density at radius 3 is 1.71 bits per heavy atom. The lowest BCUT2D eigenvalue weighted by Crippen LogP contribution is -2.02. The van der Waals surface area contributed by atoms with E-state index in [2.05, 4.69) is 78.6 Å². The van der Waals surface area contributed by atoms with E-state index in [9.17, 15) is 9.59 Å². The zero-order chi connectivity index (χ0) is 22.9. The molecule has 1 aromatic carbocycles. The Labute approximate surface area is 229 Å². The minimum absolute atomic E-state index is 0.215. The number of unbranched alkanes of at least 4 members (excludes halogenated alkanes) is 13. The first kappa shape index (κ1) is 29.4. The number of ether oxygens (including phenoxy) is 1. The fourth-order valence-electron chi connectivity index (χ4n) is 3.68. The number of benzene rings is 1. The van der Waals surface area contributed by atoms with Crippen LogP contribution in [0.15, 0.2) is 6.07 Å². The van der Waals surface area contributed by atoms with Crippen LogP contribution in [-0.2, 0) is 20.7 Å². The van der Waals surface area contributed by atoms with E-state index < -0.39 is 5.97 Å². The van der Waals surface area contributed by atoms with E-state index in [1.54, 1.807) is 0 Å². The van der Waals surface area contributed by atoms with Crippen LogP contribution in [-0.4, -0.2) is 12.4 Å². The number of carbonyl (C=O) groups excluding carboxylic acids is 2. The minimum Gasteiger partial charge on any atom is -0.397 e. The molecular weight excluding hydrogens is 731 g/mol. The molecule has 0 unspecified atom stereocenters. The molecule has 0 fully saturated rings. The standard InChI is InChI=1S/C24H36I3NO3/c25-20-17-21(26)24(28)23(27)19(20)15-13-11-9-7-5-3-1-2-4-6-8-10-12-14-16-22(30)31-18-29/h17-18H,1-16,28H2. The fourth-order valence-corrected chi connectivity index (χ4v) is 7.59. The Morgan fingerprint density at radius 1 is 0.774 bits per heavy atom. The molecule has 0 saturated heterocycles. The Balaban J connectivity index is 1.89. The first-order chi connectivity index (χ1) is 15.0. The van der Waals surface area contributed by atoms with E-state index in [1.807, 2.05) is 0 Å². The highest BCUT2D eigenvalue weighted by Gasteiger charge is 2.11. The van der Waals surface area contributed by atoms with Gasteiger partial charge >= 0.3 is 12.4 Å². The monoisotopic (exact) mass is 767 g/mol. The summed E-state index contributed by atoms with van der Waals surface area (Å²) < 4.78 is 8.02. The van der Waals surface area contributed by atoms with Gasteiger partial charge in [0.15, 0.2) is 0 Å². The van der Waals surface area contributed by atoms with Gasteiger partial charge in [-0.2, -0.15) is 0 Å². The predicted octanol–water partition coefficient (Wildman–Crippen LogP) is 8.18. The number of nitrogen functional groups attached to an aromatic ring is 1. The van der Waals surface area contributed by atoms with Crippen LogP contribution in [0.5, 0.6) is 0 Å². The summed E-state index contributed by atoms with van der Waals surface area (Å²) in [7, 11) is 0. The average Bonchev–Trinajstić information content (AvgIpc) is 2.74. The van der Waals surface area contributed by atoms with E-state index in [0.717, 1.165) is 28.5 Å². The molecule has 0 atom stereocenters. The molecule has 0 aliphatic heterocycles. The molecule has 0 bridgehead atoms. The third-order valence-electron chi connectivity index (χ3n) is 5.54. The summed E-state index contributed by atoms with van der Waals surface area (Å²) in [6.45, 7) is 0.215. The maximum atomic E-state index is 11.0. The highest BCUT2D eigenvalue weighted by molar-refractivity contribution is 14.1. The summed E-state index contributed by atoms with van der Waals surface area (Å²) in [6, 6.07) is 2.20. The number of nitrogens with two attached hydrogens (primary N) is 1. The molecule has 2 N–H and O–H groups in total. The molecule has 31 heavy (non-hydrogen) atoms. The van der Waals surface area contributed by atoms with E-state index in [1.165, 1.54) is 89.8 Å². The highest BCUT2D eigenvalue weighted by atomic mass is 127. The van der Waals surface area contributed by atoms with Crippen LogP contribution in [0.1, 0.15) is 102 Å². The summed E-state index contributed by atoms with van der Waals surface area (Å²) in [5.41, 5.74) is 8.55. The number of anilines is 1. The van der Waals surface area contributed by atoms with Crippen molar-refractivity contribution in [1.82, 2.24) is 0 Å². The van der Waals surface area contributed by atoms with Gasteiger partial charge in [0.2, 0.25) is 0 Å². The van der Waals surface area contributed by atoms with Gasteiger partial charge in [-0.1, -0.05) is 77.0 Å². The van der Waals surface area contributed by atoms with E-state index in [0.29, 0.717) is 6.42 Å². The third-order valence-corrected chi connectivity index (χ3v) is 8.62. The fraction of sp³-hybridized carbons (Fsp3) is 0.667. The molecule has 7 heteroatoms. The second kappa shape index (κ2) is 18.7. The van der Waals surface area contributed by atoms with E-state index >= 15 is 0 Å².